The fourth-order valence-electron chi connectivity index (χ4n) is 1.15. The molecule has 14 heavy (non-hydrogen) atoms. The Bertz CT molecular complexity index is 226. The molecule has 1 atom stereocenters. The third kappa shape index (κ3) is 4.41. The summed E-state index contributed by atoms with van der Waals surface area (Å²) in [5.41, 5.74) is -0.580. The smallest absolute Gasteiger partial charge is 0.133 e. The van der Waals surface area contributed by atoms with Crippen LogP contribution in [0.1, 0.15) is 40.5 Å². The quantitative estimate of drug-likeness (QED) is 0.612. The molecule has 0 radical (unpaired) electrons. The highest BCUT2D eigenvalue weighted by atomic mass is 79.9. The maximum atomic E-state index is 14.0. The highest BCUT2D eigenvalue weighted by Gasteiger charge is 2.26. The Morgan fingerprint density at radius 2 is 2.07 bits per heavy atom. The van der Waals surface area contributed by atoms with Crippen LogP contribution in [-0.2, 0) is 0 Å². The van der Waals surface area contributed by atoms with Crippen molar-refractivity contribution in [3.05, 3.63) is 22.7 Å². The van der Waals surface area contributed by atoms with Gasteiger partial charge in [0.2, 0.25) is 0 Å². The molecule has 0 heterocycles. The molecule has 0 rings (SSSR count). The van der Waals surface area contributed by atoms with Gasteiger partial charge in [0.15, 0.2) is 0 Å². The van der Waals surface area contributed by atoms with Gasteiger partial charge < -0.3 is 0 Å². The highest BCUT2D eigenvalue weighted by molar-refractivity contribution is 9.11. The molecule has 2 heteroatoms. The van der Waals surface area contributed by atoms with Crippen LogP contribution in [0.2, 0.25) is 0 Å². The molecule has 0 aromatic carbocycles. The zero-order chi connectivity index (χ0) is 11.4. The zero-order valence-electron chi connectivity index (χ0n) is 9.53. The number of hydrogen-bond acceptors (Lipinski definition) is 0. The lowest BCUT2D eigenvalue weighted by Crippen LogP contribution is -2.20. The van der Waals surface area contributed by atoms with E-state index in [2.05, 4.69) is 36.4 Å². The summed E-state index contributed by atoms with van der Waals surface area (Å²) in [6.45, 7) is 11.4. The summed E-state index contributed by atoms with van der Waals surface area (Å²) in [5.74, 6) is 0.546. The van der Waals surface area contributed by atoms with Crippen LogP contribution in [0, 0.1) is 5.92 Å². The molecule has 0 saturated heterocycles. The van der Waals surface area contributed by atoms with Crippen molar-refractivity contribution in [3.8, 4) is 0 Å². The van der Waals surface area contributed by atoms with Gasteiger partial charge in [-0.05, 0) is 31.3 Å². The van der Waals surface area contributed by atoms with Crippen molar-refractivity contribution in [2.75, 3.05) is 0 Å². The van der Waals surface area contributed by atoms with Gasteiger partial charge in [-0.15, -0.1) is 0 Å². The van der Waals surface area contributed by atoms with Gasteiger partial charge in [0, 0.05) is 4.48 Å². The third-order valence-electron chi connectivity index (χ3n) is 2.31. The molecule has 0 nitrogen and oxygen atoms in total. The van der Waals surface area contributed by atoms with E-state index in [1.165, 1.54) is 0 Å². The van der Waals surface area contributed by atoms with Crippen LogP contribution in [0.4, 0.5) is 4.39 Å². The Morgan fingerprint density at radius 1 is 1.57 bits per heavy atom. The molecular weight excluding hydrogens is 243 g/mol. The van der Waals surface area contributed by atoms with Crippen LogP contribution in [0.15, 0.2) is 22.7 Å². The molecule has 0 aliphatic carbocycles. The summed E-state index contributed by atoms with van der Waals surface area (Å²) < 4.78 is 14.7. The first kappa shape index (κ1) is 13.9. The summed E-state index contributed by atoms with van der Waals surface area (Å²) in [7, 11) is 0. The average Bonchev–Trinajstić information content (AvgIpc) is 2.03. The maximum Gasteiger partial charge on any atom is 0.133 e. The predicted octanol–water partition coefficient (Wildman–Crippen LogP) is 5.01. The van der Waals surface area contributed by atoms with Crippen LogP contribution < -0.4 is 0 Å². The number of alkyl halides is 1. The van der Waals surface area contributed by atoms with Crippen molar-refractivity contribution in [2.24, 2.45) is 5.92 Å². The molecule has 0 aromatic rings. The van der Waals surface area contributed by atoms with E-state index in [4.69, 9.17) is 0 Å². The molecule has 1 unspecified atom stereocenters. The first-order valence-electron chi connectivity index (χ1n) is 5.05. The Balaban J connectivity index is 4.77. The monoisotopic (exact) mass is 262 g/mol. The summed E-state index contributed by atoms with van der Waals surface area (Å²) in [4.78, 5) is 0. The number of rotatable bonds is 5. The Hall–Kier alpha value is -0.110. The van der Waals surface area contributed by atoms with E-state index in [0.717, 1.165) is 6.42 Å². The van der Waals surface area contributed by atoms with E-state index >= 15 is 0 Å². The first-order valence-corrected chi connectivity index (χ1v) is 5.85. The van der Waals surface area contributed by atoms with Gasteiger partial charge in [-0.1, -0.05) is 49.4 Å². The van der Waals surface area contributed by atoms with Crippen LogP contribution in [0.3, 0.4) is 0 Å². The lowest BCUT2D eigenvalue weighted by molar-refractivity contribution is 0.236. The molecule has 0 N–H and O–H groups in total. The Morgan fingerprint density at radius 3 is 2.36 bits per heavy atom. The molecule has 0 aromatic heterocycles. The number of allylic oxidation sites excluding steroid dienone is 3. The zero-order valence-corrected chi connectivity index (χ0v) is 11.1. The summed E-state index contributed by atoms with van der Waals surface area (Å²) in [5, 5.41) is 0. The molecule has 0 amide bonds. The molecule has 0 saturated carbocycles. The summed E-state index contributed by atoms with van der Waals surface area (Å²) in [6.07, 6.45) is 3.31. The van der Waals surface area contributed by atoms with Gasteiger partial charge >= 0.3 is 0 Å². The second kappa shape index (κ2) is 5.69. The van der Waals surface area contributed by atoms with Crippen molar-refractivity contribution in [2.45, 2.75) is 46.2 Å². The minimum absolute atomic E-state index is 0.474. The van der Waals surface area contributed by atoms with Gasteiger partial charge in [-0.25, -0.2) is 4.39 Å². The van der Waals surface area contributed by atoms with Gasteiger partial charge in [0.25, 0.3) is 0 Å². The minimum atomic E-state index is -1.27. The van der Waals surface area contributed by atoms with Crippen molar-refractivity contribution in [1.82, 2.24) is 0 Å². The largest absolute Gasteiger partial charge is 0.239 e. The molecule has 0 fully saturated rings. The first-order chi connectivity index (χ1) is 6.31. The summed E-state index contributed by atoms with van der Waals surface area (Å²) >= 11 is 3.26. The molecular formula is C12H20BrF. The highest BCUT2D eigenvalue weighted by Crippen LogP contribution is 2.33. The maximum absolute atomic E-state index is 14.0. The fraction of sp³-hybridized carbons (Fsp3) is 0.667. The van der Waals surface area contributed by atoms with Crippen LogP contribution in [-0.4, -0.2) is 5.67 Å². The van der Waals surface area contributed by atoms with Crippen molar-refractivity contribution in [3.63, 3.8) is 0 Å². The van der Waals surface area contributed by atoms with Crippen molar-refractivity contribution >= 4 is 15.9 Å². The van der Waals surface area contributed by atoms with E-state index in [9.17, 15) is 4.39 Å². The van der Waals surface area contributed by atoms with Crippen LogP contribution >= 0.6 is 15.9 Å². The second-order valence-corrected chi connectivity index (χ2v) is 5.16. The molecule has 0 aliphatic heterocycles. The lowest BCUT2D eigenvalue weighted by atomic mass is 9.93. The van der Waals surface area contributed by atoms with Gasteiger partial charge in [-0.2, -0.15) is 0 Å². The van der Waals surface area contributed by atoms with E-state index in [1.807, 2.05) is 13.0 Å². The van der Waals surface area contributed by atoms with Crippen molar-refractivity contribution < 1.29 is 4.39 Å². The SMILES string of the molecule is C=C(Br)/C(=C\CC(C)C)C(C)(F)CC. The average molecular weight is 263 g/mol. The number of hydrogen-bond donors (Lipinski definition) is 0. The topological polar surface area (TPSA) is 0 Å². The van der Waals surface area contributed by atoms with E-state index < -0.39 is 5.67 Å². The normalized spacial score (nSPS) is 16.9. The summed E-state index contributed by atoms with van der Waals surface area (Å²) in [6, 6.07) is 0. The van der Waals surface area contributed by atoms with E-state index in [-0.39, 0.29) is 0 Å². The second-order valence-electron chi connectivity index (χ2n) is 4.20. The number of halogens is 2. The molecule has 0 bridgehead atoms. The van der Waals surface area contributed by atoms with Crippen LogP contribution in [0.5, 0.6) is 0 Å². The molecule has 82 valence electrons. The predicted molar refractivity (Wildman–Crippen MR) is 65.4 cm³/mol. The van der Waals surface area contributed by atoms with E-state index in [0.29, 0.717) is 22.4 Å². The Kier molecular flexibility index (Phi) is 5.65. The van der Waals surface area contributed by atoms with E-state index in [1.54, 1.807) is 6.92 Å². The van der Waals surface area contributed by atoms with Crippen LogP contribution in [0.25, 0.3) is 0 Å². The third-order valence-corrected chi connectivity index (χ3v) is 2.74. The fourth-order valence-corrected chi connectivity index (χ4v) is 1.73. The van der Waals surface area contributed by atoms with Gasteiger partial charge in [-0.3, -0.25) is 0 Å². The molecule has 0 spiro atoms. The minimum Gasteiger partial charge on any atom is -0.239 e. The standard InChI is InChI=1S/C12H20BrF/c1-6-12(5,14)11(10(4)13)8-7-9(2)3/h8-9H,4,6-7H2,1-3,5H3/b11-8+. The van der Waals surface area contributed by atoms with Gasteiger partial charge in [0.05, 0.1) is 0 Å². The van der Waals surface area contributed by atoms with Crippen molar-refractivity contribution in [1.29, 1.82) is 0 Å². The van der Waals surface area contributed by atoms with Gasteiger partial charge in [0.1, 0.15) is 5.67 Å². The molecule has 0 aliphatic rings. The lowest BCUT2D eigenvalue weighted by Gasteiger charge is -2.22. The Labute approximate surface area is 95.4 Å².